The molecule has 0 radical (unpaired) electrons. The lowest BCUT2D eigenvalue weighted by Crippen LogP contribution is -2.14. The van der Waals surface area contributed by atoms with Gasteiger partial charge in [0.2, 0.25) is 0 Å². The van der Waals surface area contributed by atoms with Crippen molar-refractivity contribution in [2.75, 3.05) is 13.2 Å². The van der Waals surface area contributed by atoms with E-state index in [4.69, 9.17) is 9.47 Å². The number of esters is 1. The van der Waals surface area contributed by atoms with Gasteiger partial charge in [-0.3, -0.25) is 0 Å². The van der Waals surface area contributed by atoms with Crippen LogP contribution in [0.15, 0.2) is 24.4 Å². The average molecular weight is 262 g/mol. The molecule has 0 fully saturated rings. The number of imidazole rings is 1. The zero-order valence-corrected chi connectivity index (χ0v) is 11.4. The summed E-state index contributed by atoms with van der Waals surface area (Å²) in [4.78, 5) is 16.2. The highest BCUT2D eigenvalue weighted by molar-refractivity contribution is 5.95. The van der Waals surface area contributed by atoms with Crippen molar-refractivity contribution in [2.45, 2.75) is 26.9 Å². The third-order valence-corrected chi connectivity index (χ3v) is 2.69. The lowest BCUT2D eigenvalue weighted by molar-refractivity contribution is 0.0174. The van der Waals surface area contributed by atoms with Gasteiger partial charge in [-0.15, -0.1) is 0 Å². The molecule has 0 aromatic carbocycles. The lowest BCUT2D eigenvalue weighted by Gasteiger charge is -2.07. The average Bonchev–Trinajstić information content (AvgIpc) is 2.72. The van der Waals surface area contributed by atoms with Crippen molar-refractivity contribution < 1.29 is 14.3 Å². The van der Waals surface area contributed by atoms with E-state index in [2.05, 4.69) is 4.98 Å². The quantitative estimate of drug-likeness (QED) is 0.612. The molecule has 2 aromatic rings. The fourth-order valence-corrected chi connectivity index (χ4v) is 1.83. The normalized spacial score (nSPS) is 11.2. The van der Waals surface area contributed by atoms with Crippen molar-refractivity contribution in [3.8, 4) is 0 Å². The molecule has 0 spiro atoms. The molecule has 0 saturated heterocycles. The fourth-order valence-electron chi connectivity index (χ4n) is 1.83. The van der Waals surface area contributed by atoms with Crippen LogP contribution in [0.5, 0.6) is 0 Å². The molecule has 102 valence electrons. The molecule has 0 saturated carbocycles. The van der Waals surface area contributed by atoms with E-state index in [1.54, 1.807) is 0 Å². The number of nitrogens with zero attached hydrogens (tertiary/aromatic N) is 2. The Balaban J connectivity index is 2.05. The summed E-state index contributed by atoms with van der Waals surface area (Å²) in [5.74, 6) is 0.352. The maximum Gasteiger partial charge on any atom is 0.359 e. The van der Waals surface area contributed by atoms with E-state index in [0.29, 0.717) is 12.3 Å². The molecule has 0 bridgehead atoms. The molecule has 0 amide bonds. The summed E-state index contributed by atoms with van der Waals surface area (Å²) in [5.41, 5.74) is 1.11. The number of aryl methyl sites for hydroxylation is 1. The van der Waals surface area contributed by atoms with Gasteiger partial charge in [-0.05, 0) is 32.9 Å². The SMILES string of the molecule is Cc1nc(C(=O)OCCOC(C)C)c2ccccn12. The molecular weight excluding hydrogens is 244 g/mol. The van der Waals surface area contributed by atoms with Gasteiger partial charge in [-0.1, -0.05) is 6.07 Å². The van der Waals surface area contributed by atoms with E-state index in [9.17, 15) is 4.79 Å². The molecule has 0 aliphatic rings. The van der Waals surface area contributed by atoms with E-state index in [0.717, 1.165) is 11.3 Å². The zero-order chi connectivity index (χ0) is 13.8. The Hall–Kier alpha value is -1.88. The maximum absolute atomic E-state index is 12.0. The van der Waals surface area contributed by atoms with Gasteiger partial charge in [0.05, 0.1) is 18.2 Å². The highest BCUT2D eigenvalue weighted by Gasteiger charge is 2.16. The van der Waals surface area contributed by atoms with Crippen LogP contribution in [0.4, 0.5) is 0 Å². The predicted octanol–water partition coefficient (Wildman–Crippen LogP) is 2.22. The summed E-state index contributed by atoms with van der Waals surface area (Å²) in [6, 6.07) is 5.61. The van der Waals surface area contributed by atoms with Crippen LogP contribution in [0, 0.1) is 6.92 Å². The summed E-state index contributed by atoms with van der Waals surface area (Å²) >= 11 is 0. The Morgan fingerprint density at radius 3 is 2.89 bits per heavy atom. The van der Waals surface area contributed by atoms with Crippen LogP contribution >= 0.6 is 0 Å². The zero-order valence-electron chi connectivity index (χ0n) is 11.4. The Morgan fingerprint density at radius 1 is 1.37 bits per heavy atom. The number of hydrogen-bond acceptors (Lipinski definition) is 4. The highest BCUT2D eigenvalue weighted by Crippen LogP contribution is 2.13. The van der Waals surface area contributed by atoms with Crippen molar-refractivity contribution in [3.63, 3.8) is 0 Å². The molecular formula is C14H18N2O3. The van der Waals surface area contributed by atoms with E-state index >= 15 is 0 Å². The van der Waals surface area contributed by atoms with Crippen molar-refractivity contribution in [2.24, 2.45) is 0 Å². The Bertz CT molecular complexity index is 575. The smallest absolute Gasteiger partial charge is 0.359 e. The molecule has 0 N–H and O–H groups in total. The molecule has 2 heterocycles. The summed E-state index contributed by atoms with van der Waals surface area (Å²) < 4.78 is 12.3. The monoisotopic (exact) mass is 262 g/mol. The van der Waals surface area contributed by atoms with E-state index < -0.39 is 5.97 Å². The van der Waals surface area contributed by atoms with Crippen molar-refractivity contribution in [1.29, 1.82) is 0 Å². The third-order valence-electron chi connectivity index (χ3n) is 2.69. The van der Waals surface area contributed by atoms with Crippen molar-refractivity contribution in [1.82, 2.24) is 9.38 Å². The van der Waals surface area contributed by atoms with Crippen molar-refractivity contribution in [3.05, 3.63) is 35.9 Å². The number of pyridine rings is 1. The second-order valence-electron chi connectivity index (χ2n) is 4.52. The fraction of sp³-hybridized carbons (Fsp3) is 0.429. The molecule has 0 aliphatic heterocycles. The van der Waals surface area contributed by atoms with E-state index in [1.165, 1.54) is 0 Å². The van der Waals surface area contributed by atoms with Crippen LogP contribution in [0.3, 0.4) is 0 Å². The summed E-state index contributed by atoms with van der Waals surface area (Å²) in [6.45, 7) is 6.36. The number of aromatic nitrogens is 2. The standard InChI is InChI=1S/C14H18N2O3/c1-10(2)18-8-9-19-14(17)13-12-6-4-5-7-16(12)11(3)15-13/h4-7,10H,8-9H2,1-3H3. The minimum absolute atomic E-state index is 0.134. The first kappa shape index (κ1) is 13.5. The molecule has 5 nitrogen and oxygen atoms in total. The van der Waals surface area contributed by atoms with Gasteiger partial charge in [0.25, 0.3) is 0 Å². The molecule has 0 aliphatic carbocycles. The van der Waals surface area contributed by atoms with Gasteiger partial charge >= 0.3 is 5.97 Å². The first-order valence-corrected chi connectivity index (χ1v) is 6.32. The number of fused-ring (bicyclic) bond motifs is 1. The van der Waals surface area contributed by atoms with Crippen LogP contribution in [0.25, 0.3) is 5.52 Å². The van der Waals surface area contributed by atoms with Gasteiger partial charge in [0.1, 0.15) is 12.4 Å². The molecule has 5 heteroatoms. The van der Waals surface area contributed by atoms with Gasteiger partial charge in [0, 0.05) is 6.20 Å². The van der Waals surface area contributed by atoms with Crippen LogP contribution in [-0.2, 0) is 9.47 Å². The summed E-state index contributed by atoms with van der Waals surface area (Å²) in [5, 5.41) is 0. The number of hydrogen-bond donors (Lipinski definition) is 0. The molecule has 0 unspecified atom stereocenters. The first-order valence-electron chi connectivity index (χ1n) is 6.32. The number of ether oxygens (including phenoxy) is 2. The number of rotatable bonds is 5. The van der Waals surface area contributed by atoms with Gasteiger partial charge in [-0.25, -0.2) is 9.78 Å². The summed E-state index contributed by atoms with van der Waals surface area (Å²) in [7, 11) is 0. The number of carbonyl (C=O) groups excluding carboxylic acids is 1. The largest absolute Gasteiger partial charge is 0.458 e. The minimum Gasteiger partial charge on any atom is -0.458 e. The predicted molar refractivity (Wildman–Crippen MR) is 71.3 cm³/mol. The Morgan fingerprint density at radius 2 is 2.16 bits per heavy atom. The molecule has 2 aromatic heterocycles. The molecule has 19 heavy (non-hydrogen) atoms. The van der Waals surface area contributed by atoms with Crippen LogP contribution in [-0.4, -0.2) is 34.7 Å². The minimum atomic E-state index is -0.413. The second-order valence-corrected chi connectivity index (χ2v) is 4.52. The van der Waals surface area contributed by atoms with Gasteiger partial charge < -0.3 is 13.9 Å². The van der Waals surface area contributed by atoms with Gasteiger partial charge in [-0.2, -0.15) is 0 Å². The summed E-state index contributed by atoms with van der Waals surface area (Å²) in [6.07, 6.45) is 2.01. The van der Waals surface area contributed by atoms with E-state index in [1.807, 2.05) is 49.6 Å². The van der Waals surface area contributed by atoms with Crippen LogP contribution in [0.2, 0.25) is 0 Å². The van der Waals surface area contributed by atoms with Crippen molar-refractivity contribution >= 4 is 11.5 Å². The maximum atomic E-state index is 12.0. The Labute approximate surface area is 112 Å². The third kappa shape index (κ3) is 3.12. The highest BCUT2D eigenvalue weighted by atomic mass is 16.6. The molecule has 2 rings (SSSR count). The molecule has 0 atom stereocenters. The van der Waals surface area contributed by atoms with E-state index in [-0.39, 0.29) is 12.7 Å². The first-order chi connectivity index (χ1) is 9.09. The van der Waals surface area contributed by atoms with Gasteiger partial charge in [0.15, 0.2) is 5.69 Å². The Kier molecular flexibility index (Phi) is 4.16. The second kappa shape index (κ2) is 5.84. The van der Waals surface area contributed by atoms with Crippen LogP contribution in [0.1, 0.15) is 30.2 Å². The number of carbonyl (C=O) groups is 1. The topological polar surface area (TPSA) is 52.8 Å². The van der Waals surface area contributed by atoms with Crippen LogP contribution < -0.4 is 0 Å². The lowest BCUT2D eigenvalue weighted by atomic mass is 10.3.